The molecule has 3 fully saturated rings. The van der Waals surface area contributed by atoms with Crippen molar-refractivity contribution in [3.8, 4) is 73.3 Å². The van der Waals surface area contributed by atoms with Gasteiger partial charge in [-0.3, -0.25) is 9.78 Å². The summed E-state index contributed by atoms with van der Waals surface area (Å²) < 4.78 is 176. The summed E-state index contributed by atoms with van der Waals surface area (Å²) in [7, 11) is 1.12. The zero-order valence-corrected chi connectivity index (χ0v) is 81.6. The molecule has 718 valence electrons. The maximum Gasteiger partial charge on any atom is 0.488 e. The number of aromatic amines is 1. The van der Waals surface area contributed by atoms with Crippen LogP contribution in [0.15, 0.2) is 183 Å². The third-order valence-electron chi connectivity index (χ3n) is 18.9. The number of aldehydes is 1. The van der Waals surface area contributed by atoms with Gasteiger partial charge in [-0.15, -0.1) is 0 Å². The fraction of sp³-hybridized carbons (Fsp3) is 0.284. The number of carbonyl (C=O) groups excluding carboxylic acids is 4. The van der Waals surface area contributed by atoms with Crippen LogP contribution in [0.5, 0.6) is 28.7 Å². The summed E-state index contributed by atoms with van der Waals surface area (Å²) in [5.41, 5.74) is 5.68. The minimum atomic E-state index is -1.76. The van der Waals surface area contributed by atoms with E-state index in [0.29, 0.717) is 90.6 Å². The normalized spacial score (nSPS) is 12.1. The number of carboxylic acid groups (broad SMARTS) is 1. The van der Waals surface area contributed by atoms with Crippen molar-refractivity contribution < 1.29 is 131 Å². The number of aromatic carboxylic acids is 1. The molecule has 0 amide bonds. The molecule has 40 heteroatoms. The second-order valence-electron chi connectivity index (χ2n) is 31.3. The van der Waals surface area contributed by atoms with E-state index in [1.54, 1.807) is 74.5 Å². The molecule has 0 aliphatic heterocycles. The highest BCUT2D eigenvalue weighted by Gasteiger charge is 2.34. The molecule has 0 spiro atoms. The van der Waals surface area contributed by atoms with Gasteiger partial charge in [0.2, 0.25) is 0 Å². The van der Waals surface area contributed by atoms with Gasteiger partial charge < -0.3 is 63.1 Å². The second-order valence-corrected chi connectivity index (χ2v) is 34.8. The molecule has 1 aromatic heterocycles. The highest BCUT2D eigenvalue weighted by molar-refractivity contribution is 14.1. The van der Waals surface area contributed by atoms with E-state index < -0.39 is 107 Å². The Balaban J connectivity index is 0.000000216. The maximum atomic E-state index is 13.6. The van der Waals surface area contributed by atoms with Crippen LogP contribution >= 0.6 is 70.8 Å². The minimum absolute atomic E-state index is 0.0339. The van der Waals surface area contributed by atoms with Gasteiger partial charge in [0.15, 0.2) is 64.5 Å². The summed E-state index contributed by atoms with van der Waals surface area (Å²) >= 11 is 10.8. The van der Waals surface area contributed by atoms with E-state index >= 15 is 0 Å². The number of hydrogen-bond donors (Lipinski definition) is 6. The van der Waals surface area contributed by atoms with Gasteiger partial charge in [0.1, 0.15) is 51.0 Å². The Morgan fingerprint density at radius 2 is 0.741 bits per heavy atom. The van der Waals surface area contributed by atoms with Crippen LogP contribution in [-0.4, -0.2) is 134 Å². The van der Waals surface area contributed by atoms with Crippen LogP contribution in [0.1, 0.15) is 183 Å². The third-order valence-corrected chi connectivity index (χ3v) is 21.5. The number of carboxylic acids is 1. The van der Waals surface area contributed by atoms with Crippen LogP contribution < -0.4 is 46.2 Å². The lowest BCUT2D eigenvalue weighted by molar-refractivity contribution is 0.0584. The van der Waals surface area contributed by atoms with Crippen LogP contribution in [0.2, 0.25) is 5.82 Å². The molecule has 11 aromatic rings. The number of nitrogens with zero attached hydrogens (tertiary/aromatic N) is 2. The molecule has 1 heterocycles. The van der Waals surface area contributed by atoms with E-state index in [1.807, 2.05) is 78.6 Å². The van der Waals surface area contributed by atoms with Crippen molar-refractivity contribution in [3.63, 3.8) is 0 Å². The predicted octanol–water partition coefficient (Wildman–Crippen LogP) is 20.4. The Labute approximate surface area is 809 Å². The summed E-state index contributed by atoms with van der Waals surface area (Å²) in [6.45, 7) is 18.5. The quantitative estimate of drug-likeness (QED) is 0.00865. The van der Waals surface area contributed by atoms with Crippen molar-refractivity contribution in [2.75, 3.05) is 21.3 Å². The Morgan fingerprint density at radius 1 is 0.407 bits per heavy atom. The zero-order valence-electron chi connectivity index (χ0n) is 74.6. The molecular weight excluding hydrogens is 2100 g/mol. The third kappa shape index (κ3) is 33.0. The fourth-order valence-electron chi connectivity index (χ4n) is 12.2. The van der Waals surface area contributed by atoms with Crippen molar-refractivity contribution in [2.24, 2.45) is 0 Å². The highest BCUT2D eigenvalue weighted by Crippen LogP contribution is 2.49. The first-order valence-corrected chi connectivity index (χ1v) is 44.6. The number of rotatable bonds is 23. The molecule has 6 N–H and O–H groups in total. The van der Waals surface area contributed by atoms with Crippen LogP contribution in [0.25, 0.3) is 44.5 Å². The van der Waals surface area contributed by atoms with Gasteiger partial charge in [0.05, 0.1) is 89.7 Å². The number of carbonyl (C=O) groups is 5. The summed E-state index contributed by atoms with van der Waals surface area (Å²) in [6, 6.07) is 37.6. The van der Waals surface area contributed by atoms with Crippen LogP contribution in [0, 0.1) is 61.7 Å². The summed E-state index contributed by atoms with van der Waals surface area (Å²) in [6.07, 6.45) is 6.20. The van der Waals surface area contributed by atoms with Crippen LogP contribution in [0.4, 0.5) is 43.9 Å². The fourth-order valence-corrected chi connectivity index (χ4v) is 13.9. The molecule has 0 atom stereocenters. The minimum Gasteiger partial charge on any atom is -0.490 e. The molecule has 0 bridgehead atoms. The van der Waals surface area contributed by atoms with Gasteiger partial charge in [-0.25, -0.2) is 77.5 Å². The topological polar surface area (TPSA) is 337 Å². The number of esters is 3. The number of benzene rings is 10. The standard InChI is InChI=1S/C19H18F2O3.C19H18F2O2.C17H15BrF2O3.C17H16F2O3.C11H13IO3.C6H5BF2O2.C3H7BO2.C3HBr2N3O3/c1-10(2)24-18-9-14(12-5-6-16(20)17(21)7-12)13(11-3-4-11)8-15(18)19(22)23;1-11(2)23-19-9-16(13-5-6-17(20)18(21)8-13)15(12-3-4-12)7-14(19)10-22;1-9(2)23-16-8-11(10-4-5-14(19)15(20)6-10)13(18)7-12(16)17(21)22-3;1-10(2)22-16-9-12(4-6-13(16)17(20)21-3)11-5-7-14(18)15(19)8-11;1-7(2)15-10-6-8(12)4-5-9(10)11(13)14-3;8-5-2-1-4(7(10)11)3-6(5)9;5-4(6)3-1-2-3;4-7-1(9)6-2(10)8(5)3(7)11/h5-11H,3-4H2,1-2H3,(H,22,23);5-12H,3-4H2,1-2H3;4-9H,1-3H3;4-10H,1-3H3;4-7H,1-3H3;1-3,10-11H;3,5-6H,1-2H2;(H,6,9,10). The van der Waals surface area contributed by atoms with Crippen molar-refractivity contribution in [3.05, 3.63) is 300 Å². The molecular formula is C95H93B2Br3F10IN3O21. The van der Waals surface area contributed by atoms with Gasteiger partial charge in [0.25, 0.3) is 0 Å². The number of H-pyrrole nitrogens is 1. The van der Waals surface area contributed by atoms with Crippen molar-refractivity contribution >= 4 is 121 Å². The first kappa shape index (κ1) is 111. The lowest BCUT2D eigenvalue weighted by Gasteiger charge is -2.17. The van der Waals surface area contributed by atoms with Crippen LogP contribution in [0.3, 0.4) is 0 Å². The van der Waals surface area contributed by atoms with Gasteiger partial charge >= 0.3 is 55.2 Å². The van der Waals surface area contributed by atoms with Gasteiger partial charge in [-0.2, -0.15) is 7.19 Å². The number of aromatic nitrogens is 3. The summed E-state index contributed by atoms with van der Waals surface area (Å²) in [5, 5.41) is 43.0. The second kappa shape index (κ2) is 51.5. The molecule has 3 aliphatic rings. The molecule has 3 aliphatic carbocycles. The lowest BCUT2D eigenvalue weighted by Crippen LogP contribution is -2.42. The first-order chi connectivity index (χ1) is 63.6. The Hall–Kier alpha value is -11.4. The SMILES string of the molecule is CC(C)Oc1cc(-c2ccc(F)c(F)c2)c(C2CC2)cc1C(=O)O.CC(C)Oc1cc(-c2ccc(F)c(F)c2)c(C2CC2)cc1C=O.COC(=O)c1cc(Br)c(-c2ccc(F)c(F)c2)cc1OC(C)C.COC(=O)c1ccc(-c2ccc(F)c(F)c2)cc1OC(C)C.COC(=O)c1ccc(I)cc1OC(C)C.O=c1[nH]c(=O)n(Br)c(=O)n1Br.OB(O)C1CC1.OB(O)c1ccc(F)c(F)c1. The smallest absolute Gasteiger partial charge is 0.488 e. The van der Waals surface area contributed by atoms with E-state index in [1.165, 1.54) is 45.6 Å². The number of ether oxygens (including phenoxy) is 8. The number of methoxy groups -OCH3 is 3. The molecule has 10 aromatic carbocycles. The maximum absolute atomic E-state index is 13.6. The monoisotopic (exact) mass is 2190 g/mol. The Morgan fingerprint density at radius 3 is 1.11 bits per heavy atom. The van der Waals surface area contributed by atoms with Crippen molar-refractivity contribution in [1.29, 1.82) is 0 Å². The lowest BCUT2D eigenvalue weighted by atomic mass is 9.80. The molecule has 24 nitrogen and oxygen atoms in total. The Kier molecular flexibility index (Phi) is 42.2. The average molecular weight is 2190 g/mol. The molecule has 135 heavy (non-hydrogen) atoms. The summed E-state index contributed by atoms with van der Waals surface area (Å²) in [4.78, 5) is 91.9. The van der Waals surface area contributed by atoms with Crippen LogP contribution in [-0.2, 0) is 14.2 Å². The Bertz CT molecular complexity index is 6200. The van der Waals surface area contributed by atoms with E-state index in [4.69, 9.17) is 53.3 Å². The average Bonchev–Trinajstić information content (AvgIpc) is 1.70. The van der Waals surface area contributed by atoms with Crippen molar-refractivity contribution in [1.82, 2.24) is 12.2 Å². The molecule has 0 unspecified atom stereocenters. The molecule has 0 radical (unpaired) electrons. The van der Waals surface area contributed by atoms with E-state index in [9.17, 15) is 87.4 Å². The first-order valence-electron chi connectivity index (χ1n) is 41.3. The zero-order chi connectivity index (χ0) is 100. The number of halogens is 14. The molecule has 0 saturated heterocycles. The van der Waals surface area contributed by atoms with E-state index in [2.05, 4.69) is 75.6 Å². The van der Waals surface area contributed by atoms with E-state index in [0.717, 1.165) is 126 Å². The largest absolute Gasteiger partial charge is 0.490 e. The van der Waals surface area contributed by atoms with Crippen molar-refractivity contribution in [2.45, 2.75) is 156 Å². The predicted molar refractivity (Wildman–Crippen MR) is 507 cm³/mol. The molecule has 3 saturated carbocycles. The summed E-state index contributed by atoms with van der Waals surface area (Å²) in [5.74, 6) is -9.13. The number of nitrogens with one attached hydrogen (secondary N) is 1. The molecule has 14 rings (SSSR count). The van der Waals surface area contributed by atoms with Gasteiger partial charge in [-0.1, -0.05) is 65.2 Å². The van der Waals surface area contributed by atoms with Gasteiger partial charge in [0, 0.05) is 8.04 Å². The van der Waals surface area contributed by atoms with Gasteiger partial charge in [-0.05, 0) is 324 Å². The highest BCUT2D eigenvalue weighted by atomic mass is 127. The van der Waals surface area contributed by atoms with E-state index in [-0.39, 0.29) is 76.1 Å². The number of hydrogen-bond acceptors (Lipinski definition) is 20.